The zero-order chi connectivity index (χ0) is 14.1. The van der Waals surface area contributed by atoms with Crippen LogP contribution >= 0.6 is 0 Å². The largest absolute Gasteiger partial charge is 0.486 e. The normalized spacial score (nSPS) is 9.05. The molecule has 0 spiro atoms. The van der Waals surface area contributed by atoms with Crippen LogP contribution in [-0.2, 0) is 4.74 Å². The third kappa shape index (κ3) is 4.30. The number of nitriles is 2. The summed E-state index contributed by atoms with van der Waals surface area (Å²) in [6.07, 6.45) is 1.19. The number of hydrogen-bond donors (Lipinski definition) is 1. The van der Waals surface area contributed by atoms with Gasteiger partial charge in [0.15, 0.2) is 11.6 Å². The number of benzene rings is 1. The molecule has 0 atom stereocenters. The fourth-order valence-corrected chi connectivity index (χ4v) is 1.24. The highest BCUT2D eigenvalue weighted by Gasteiger charge is 2.09. The van der Waals surface area contributed by atoms with Crippen LogP contribution in [0.25, 0.3) is 0 Å². The van der Waals surface area contributed by atoms with Gasteiger partial charge in [0.2, 0.25) is 0 Å². The van der Waals surface area contributed by atoms with Crippen molar-refractivity contribution in [2.45, 2.75) is 0 Å². The van der Waals surface area contributed by atoms with E-state index in [1.54, 1.807) is 18.2 Å². The Bertz CT molecular complexity index is 528. The smallest absolute Gasteiger partial charge is 0.178 e. The Kier molecular flexibility index (Phi) is 5.87. The van der Waals surface area contributed by atoms with Gasteiger partial charge in [-0.1, -0.05) is 6.07 Å². The first-order valence-electron chi connectivity index (χ1n) is 5.40. The molecule has 0 bridgehead atoms. The maximum atomic E-state index is 13.6. The van der Waals surface area contributed by atoms with Gasteiger partial charge in [-0.05, 0) is 12.1 Å². The Hall–Kier alpha value is -2.57. The van der Waals surface area contributed by atoms with Crippen molar-refractivity contribution in [3.8, 4) is 17.9 Å². The second-order valence-electron chi connectivity index (χ2n) is 3.38. The first kappa shape index (κ1) is 14.5. The number of halogens is 1. The molecule has 1 rings (SSSR count). The number of allylic oxidation sites excluding steroid dienone is 1. The van der Waals surface area contributed by atoms with Crippen molar-refractivity contribution >= 4 is 5.69 Å². The van der Waals surface area contributed by atoms with Gasteiger partial charge in [-0.25, -0.2) is 4.39 Å². The number of nitrogens with zero attached hydrogens (tertiary/aromatic N) is 2. The zero-order valence-electron chi connectivity index (χ0n) is 10.3. The minimum absolute atomic E-state index is 0.0195. The van der Waals surface area contributed by atoms with Gasteiger partial charge in [-0.3, -0.25) is 0 Å². The van der Waals surface area contributed by atoms with E-state index >= 15 is 0 Å². The van der Waals surface area contributed by atoms with Crippen LogP contribution in [-0.4, -0.2) is 20.3 Å². The van der Waals surface area contributed by atoms with E-state index in [2.05, 4.69) is 5.32 Å². The number of para-hydroxylation sites is 1. The second kappa shape index (κ2) is 7.70. The molecule has 0 aliphatic heterocycles. The lowest BCUT2D eigenvalue weighted by atomic mass is 10.2. The second-order valence-corrected chi connectivity index (χ2v) is 3.38. The van der Waals surface area contributed by atoms with Crippen LogP contribution in [0.1, 0.15) is 0 Å². The first-order chi connectivity index (χ1) is 9.22. The summed E-state index contributed by atoms with van der Waals surface area (Å²) in [5.41, 5.74) is 0.214. The molecule has 0 saturated heterocycles. The maximum absolute atomic E-state index is 13.6. The number of anilines is 1. The van der Waals surface area contributed by atoms with Crippen LogP contribution in [0.3, 0.4) is 0 Å². The number of hydrogen-bond acceptors (Lipinski definition) is 5. The van der Waals surface area contributed by atoms with Gasteiger partial charge in [-0.15, -0.1) is 0 Å². The summed E-state index contributed by atoms with van der Waals surface area (Å²) in [6.45, 7) is 0.518. The minimum atomic E-state index is -0.537. The van der Waals surface area contributed by atoms with Crippen LogP contribution in [0.4, 0.5) is 10.1 Å². The summed E-state index contributed by atoms with van der Waals surface area (Å²) in [4.78, 5) is 0. The van der Waals surface area contributed by atoms with E-state index in [-0.39, 0.29) is 17.9 Å². The van der Waals surface area contributed by atoms with Crippen LogP contribution < -0.4 is 10.1 Å². The molecule has 5 nitrogen and oxygen atoms in total. The Labute approximate surface area is 110 Å². The Morgan fingerprint density at radius 1 is 1.37 bits per heavy atom. The van der Waals surface area contributed by atoms with Crippen molar-refractivity contribution < 1.29 is 13.9 Å². The van der Waals surface area contributed by atoms with Gasteiger partial charge in [0.25, 0.3) is 0 Å². The third-order valence-corrected chi connectivity index (χ3v) is 2.11. The summed E-state index contributed by atoms with van der Waals surface area (Å²) in [5, 5.41) is 19.9. The third-order valence-electron chi connectivity index (χ3n) is 2.11. The van der Waals surface area contributed by atoms with Gasteiger partial charge < -0.3 is 14.8 Å². The van der Waals surface area contributed by atoms with Gasteiger partial charge in [0, 0.05) is 13.3 Å². The summed E-state index contributed by atoms with van der Waals surface area (Å²) in [6, 6.07) is 7.71. The molecule has 98 valence electrons. The topological polar surface area (TPSA) is 78.1 Å². The minimum Gasteiger partial charge on any atom is -0.486 e. The Balaban J connectivity index is 2.89. The molecular weight excluding hydrogens is 249 g/mol. The molecule has 0 radical (unpaired) electrons. The number of nitrogens with one attached hydrogen (secondary N) is 1. The lowest BCUT2D eigenvalue weighted by molar-refractivity contribution is 0.144. The standard InChI is InChI=1S/C13H12FN3O2/c1-18-5-6-19-13-11(14)3-2-4-12(13)17-9-10(7-15)8-16/h2-4,9,17H,5-6H2,1H3. The van der Waals surface area contributed by atoms with Gasteiger partial charge >= 0.3 is 0 Å². The van der Waals surface area contributed by atoms with Crippen molar-refractivity contribution in [3.05, 3.63) is 35.8 Å². The van der Waals surface area contributed by atoms with Crippen molar-refractivity contribution in [3.63, 3.8) is 0 Å². The van der Waals surface area contributed by atoms with Crippen molar-refractivity contribution in [2.75, 3.05) is 25.6 Å². The quantitative estimate of drug-likeness (QED) is 0.627. The van der Waals surface area contributed by atoms with E-state index in [1.165, 1.54) is 25.4 Å². The molecule has 0 aliphatic rings. The van der Waals surface area contributed by atoms with Crippen LogP contribution in [0.5, 0.6) is 5.75 Å². The highest BCUT2D eigenvalue weighted by Crippen LogP contribution is 2.27. The molecule has 0 aromatic heterocycles. The predicted molar refractivity (Wildman–Crippen MR) is 66.7 cm³/mol. The van der Waals surface area contributed by atoms with Crippen LogP contribution in [0.2, 0.25) is 0 Å². The molecular formula is C13H12FN3O2. The fraction of sp³-hybridized carbons (Fsp3) is 0.231. The average Bonchev–Trinajstić information content (AvgIpc) is 2.42. The van der Waals surface area contributed by atoms with E-state index in [0.717, 1.165) is 0 Å². The molecule has 1 aromatic carbocycles. The Morgan fingerprint density at radius 2 is 2.11 bits per heavy atom. The molecule has 0 aliphatic carbocycles. The van der Waals surface area contributed by atoms with Gasteiger partial charge in [0.05, 0.1) is 12.3 Å². The summed E-state index contributed by atoms with van der Waals surface area (Å²) in [7, 11) is 1.51. The summed E-state index contributed by atoms with van der Waals surface area (Å²) < 4.78 is 23.7. The lowest BCUT2D eigenvalue weighted by Crippen LogP contribution is -2.07. The van der Waals surface area contributed by atoms with E-state index in [4.69, 9.17) is 20.0 Å². The van der Waals surface area contributed by atoms with Gasteiger partial charge in [-0.2, -0.15) is 10.5 Å². The van der Waals surface area contributed by atoms with E-state index in [9.17, 15) is 4.39 Å². The summed E-state index contributed by atoms with van der Waals surface area (Å²) in [5.74, 6) is -0.518. The number of ether oxygens (including phenoxy) is 2. The van der Waals surface area contributed by atoms with E-state index in [1.807, 2.05) is 0 Å². The molecule has 19 heavy (non-hydrogen) atoms. The number of rotatable bonds is 6. The summed E-state index contributed by atoms with van der Waals surface area (Å²) >= 11 is 0. The van der Waals surface area contributed by atoms with Crippen molar-refractivity contribution in [1.29, 1.82) is 10.5 Å². The van der Waals surface area contributed by atoms with E-state index in [0.29, 0.717) is 12.3 Å². The monoisotopic (exact) mass is 261 g/mol. The highest BCUT2D eigenvalue weighted by molar-refractivity contribution is 5.59. The van der Waals surface area contributed by atoms with E-state index < -0.39 is 5.82 Å². The lowest BCUT2D eigenvalue weighted by Gasteiger charge is -2.11. The van der Waals surface area contributed by atoms with Gasteiger partial charge in [0.1, 0.15) is 24.3 Å². The SMILES string of the molecule is COCCOc1c(F)cccc1NC=C(C#N)C#N. The first-order valence-corrected chi connectivity index (χ1v) is 5.40. The predicted octanol–water partition coefficient (Wildman–Crippen LogP) is 2.19. The van der Waals surface area contributed by atoms with Crippen molar-refractivity contribution in [1.82, 2.24) is 0 Å². The van der Waals surface area contributed by atoms with Crippen LogP contribution in [0.15, 0.2) is 30.0 Å². The molecule has 0 amide bonds. The molecule has 1 aromatic rings. The molecule has 6 heteroatoms. The molecule has 1 N–H and O–H groups in total. The Morgan fingerprint density at radius 3 is 2.74 bits per heavy atom. The molecule has 0 saturated carbocycles. The van der Waals surface area contributed by atoms with Crippen LogP contribution in [0, 0.1) is 28.5 Å². The van der Waals surface area contributed by atoms with Crippen molar-refractivity contribution in [2.24, 2.45) is 0 Å². The molecule has 0 heterocycles. The highest BCUT2D eigenvalue weighted by atomic mass is 19.1. The molecule has 0 fully saturated rings. The number of methoxy groups -OCH3 is 1. The molecule has 0 unspecified atom stereocenters. The maximum Gasteiger partial charge on any atom is 0.178 e. The fourth-order valence-electron chi connectivity index (χ4n) is 1.24. The average molecular weight is 261 g/mol. The zero-order valence-corrected chi connectivity index (χ0v) is 10.3.